The van der Waals surface area contributed by atoms with Crippen LogP contribution in [-0.4, -0.2) is 33.9 Å². The van der Waals surface area contributed by atoms with Crippen LogP contribution in [0.15, 0.2) is 73.1 Å². The highest BCUT2D eigenvalue weighted by molar-refractivity contribution is 5.92. The molecule has 0 aliphatic heterocycles. The van der Waals surface area contributed by atoms with Crippen LogP contribution in [0.4, 0.5) is 11.6 Å². The topological polar surface area (TPSA) is 73.9 Å². The Morgan fingerprint density at radius 1 is 1.07 bits per heavy atom. The van der Waals surface area contributed by atoms with Crippen molar-refractivity contribution in [1.29, 1.82) is 0 Å². The van der Waals surface area contributed by atoms with Crippen molar-refractivity contribution in [3.8, 4) is 0 Å². The van der Waals surface area contributed by atoms with Gasteiger partial charge in [0.25, 0.3) is 5.91 Å². The number of H-pyrrole nitrogens is 1. The van der Waals surface area contributed by atoms with E-state index in [9.17, 15) is 4.79 Å². The molecule has 0 aliphatic carbocycles. The van der Waals surface area contributed by atoms with Crippen LogP contribution in [-0.2, 0) is 6.42 Å². The molecule has 0 aliphatic rings. The molecule has 29 heavy (non-hydrogen) atoms. The number of hydrogen-bond acceptors (Lipinski definition) is 4. The third-order valence-electron chi connectivity index (χ3n) is 4.86. The molecule has 2 aromatic heterocycles. The van der Waals surface area contributed by atoms with Crippen LogP contribution in [0.5, 0.6) is 0 Å². The fraction of sp³-hybridized carbons (Fsp3) is 0.174. The zero-order valence-corrected chi connectivity index (χ0v) is 16.3. The van der Waals surface area contributed by atoms with Gasteiger partial charge in [0.05, 0.1) is 0 Å². The number of carbonyl (C=O) groups is 1. The number of fused-ring (bicyclic) bond motifs is 1. The molecule has 4 rings (SSSR count). The molecule has 1 amide bonds. The van der Waals surface area contributed by atoms with Gasteiger partial charge in [0.1, 0.15) is 5.69 Å². The number of benzene rings is 2. The third kappa shape index (κ3) is 4.11. The SMILES string of the molecule is CCN(c1ccccc1)c1nccc(C(=O)NCCc2c[nH]c3ccccc23)n1. The minimum Gasteiger partial charge on any atom is -0.361 e. The fourth-order valence-corrected chi connectivity index (χ4v) is 3.39. The summed E-state index contributed by atoms with van der Waals surface area (Å²) in [6.45, 7) is 3.27. The number of nitrogens with zero attached hydrogens (tertiary/aromatic N) is 3. The molecule has 0 spiro atoms. The van der Waals surface area contributed by atoms with Gasteiger partial charge in [-0.25, -0.2) is 9.97 Å². The molecule has 6 heteroatoms. The van der Waals surface area contributed by atoms with Crippen molar-refractivity contribution >= 4 is 28.4 Å². The Morgan fingerprint density at radius 3 is 2.69 bits per heavy atom. The first-order chi connectivity index (χ1) is 14.3. The van der Waals surface area contributed by atoms with Crippen molar-refractivity contribution in [1.82, 2.24) is 20.3 Å². The largest absolute Gasteiger partial charge is 0.361 e. The summed E-state index contributed by atoms with van der Waals surface area (Å²) < 4.78 is 0. The summed E-state index contributed by atoms with van der Waals surface area (Å²) in [5, 5.41) is 4.15. The second-order valence-corrected chi connectivity index (χ2v) is 6.69. The first-order valence-corrected chi connectivity index (χ1v) is 9.75. The Labute approximate surface area is 169 Å². The molecule has 2 N–H and O–H groups in total. The highest BCUT2D eigenvalue weighted by Gasteiger charge is 2.14. The first-order valence-electron chi connectivity index (χ1n) is 9.75. The van der Waals surface area contributed by atoms with Crippen molar-refractivity contribution in [2.75, 3.05) is 18.0 Å². The van der Waals surface area contributed by atoms with Gasteiger partial charge < -0.3 is 15.2 Å². The molecule has 146 valence electrons. The molecule has 0 radical (unpaired) electrons. The number of para-hydroxylation sites is 2. The van der Waals surface area contributed by atoms with Crippen LogP contribution in [0, 0.1) is 0 Å². The van der Waals surface area contributed by atoms with Crippen LogP contribution >= 0.6 is 0 Å². The van der Waals surface area contributed by atoms with E-state index in [2.05, 4.69) is 26.3 Å². The van der Waals surface area contributed by atoms with Gasteiger partial charge in [0.15, 0.2) is 0 Å². The Balaban J connectivity index is 1.43. The molecule has 0 saturated heterocycles. The third-order valence-corrected chi connectivity index (χ3v) is 4.86. The molecule has 0 atom stereocenters. The van der Waals surface area contributed by atoms with Crippen molar-refractivity contribution < 1.29 is 4.79 Å². The summed E-state index contributed by atoms with van der Waals surface area (Å²) in [5.74, 6) is 0.320. The van der Waals surface area contributed by atoms with Gasteiger partial charge >= 0.3 is 0 Å². The summed E-state index contributed by atoms with van der Waals surface area (Å²) in [7, 11) is 0. The van der Waals surface area contributed by atoms with E-state index in [0.29, 0.717) is 24.7 Å². The second-order valence-electron chi connectivity index (χ2n) is 6.69. The van der Waals surface area contributed by atoms with Crippen LogP contribution in [0.25, 0.3) is 10.9 Å². The maximum Gasteiger partial charge on any atom is 0.270 e. The predicted molar refractivity (Wildman–Crippen MR) is 115 cm³/mol. The number of amides is 1. The standard InChI is InChI=1S/C23H23N5O/c1-2-28(18-8-4-3-5-9-18)23-25-15-13-21(27-23)22(29)24-14-12-17-16-26-20-11-7-6-10-19(17)20/h3-11,13,15-16,26H,2,12,14H2,1H3,(H,24,29). The lowest BCUT2D eigenvalue weighted by atomic mass is 10.1. The molecule has 0 fully saturated rings. The van der Waals surface area contributed by atoms with Gasteiger partial charge in [0, 0.05) is 42.1 Å². The minimum atomic E-state index is -0.197. The van der Waals surface area contributed by atoms with E-state index in [1.165, 1.54) is 10.9 Å². The van der Waals surface area contributed by atoms with Crippen molar-refractivity contribution in [3.05, 3.63) is 84.3 Å². The monoisotopic (exact) mass is 385 g/mol. The molecule has 2 heterocycles. The number of carbonyl (C=O) groups excluding carboxylic acids is 1. The molecule has 0 bridgehead atoms. The summed E-state index contributed by atoms with van der Waals surface area (Å²) in [5.41, 5.74) is 3.65. The lowest BCUT2D eigenvalue weighted by molar-refractivity contribution is 0.0949. The van der Waals surface area contributed by atoms with E-state index in [-0.39, 0.29) is 5.91 Å². The molecule has 4 aromatic rings. The van der Waals surface area contributed by atoms with Crippen LogP contribution in [0.3, 0.4) is 0 Å². The second kappa shape index (κ2) is 8.56. The van der Waals surface area contributed by atoms with Gasteiger partial charge in [-0.3, -0.25) is 4.79 Å². The number of anilines is 2. The zero-order chi connectivity index (χ0) is 20.1. The van der Waals surface area contributed by atoms with Gasteiger partial charge in [0.2, 0.25) is 5.95 Å². The van der Waals surface area contributed by atoms with E-state index in [0.717, 1.165) is 17.6 Å². The number of rotatable bonds is 7. The smallest absolute Gasteiger partial charge is 0.270 e. The molecular weight excluding hydrogens is 362 g/mol. The maximum atomic E-state index is 12.6. The fourth-order valence-electron chi connectivity index (χ4n) is 3.39. The van der Waals surface area contributed by atoms with E-state index in [1.54, 1.807) is 12.3 Å². The number of hydrogen-bond donors (Lipinski definition) is 2. The van der Waals surface area contributed by atoms with Gasteiger partial charge in [-0.1, -0.05) is 36.4 Å². The number of aromatic amines is 1. The highest BCUT2D eigenvalue weighted by atomic mass is 16.1. The van der Waals surface area contributed by atoms with Crippen molar-refractivity contribution in [2.45, 2.75) is 13.3 Å². The van der Waals surface area contributed by atoms with Gasteiger partial charge in [-0.05, 0) is 43.2 Å². The Hall–Kier alpha value is -3.67. The molecular formula is C23H23N5O. The van der Waals surface area contributed by atoms with Crippen molar-refractivity contribution in [3.63, 3.8) is 0 Å². The quantitative estimate of drug-likeness (QED) is 0.503. The van der Waals surface area contributed by atoms with Gasteiger partial charge in [-0.2, -0.15) is 0 Å². The number of aromatic nitrogens is 3. The summed E-state index contributed by atoms with van der Waals surface area (Å²) in [6, 6.07) is 19.7. The lowest BCUT2D eigenvalue weighted by Crippen LogP contribution is -2.27. The average molecular weight is 385 g/mol. The molecule has 0 unspecified atom stereocenters. The van der Waals surface area contributed by atoms with E-state index < -0.39 is 0 Å². The van der Waals surface area contributed by atoms with Gasteiger partial charge in [-0.15, -0.1) is 0 Å². The Bertz CT molecular complexity index is 1110. The van der Waals surface area contributed by atoms with E-state index >= 15 is 0 Å². The minimum absolute atomic E-state index is 0.197. The van der Waals surface area contributed by atoms with Crippen molar-refractivity contribution in [2.24, 2.45) is 0 Å². The lowest BCUT2D eigenvalue weighted by Gasteiger charge is -2.21. The van der Waals surface area contributed by atoms with Crippen LogP contribution < -0.4 is 10.2 Å². The summed E-state index contributed by atoms with van der Waals surface area (Å²) in [4.78, 5) is 26.7. The Morgan fingerprint density at radius 2 is 1.86 bits per heavy atom. The molecule has 0 saturated carbocycles. The first kappa shape index (κ1) is 18.7. The molecule has 6 nitrogen and oxygen atoms in total. The molecule has 2 aromatic carbocycles. The van der Waals surface area contributed by atoms with Crippen LogP contribution in [0.2, 0.25) is 0 Å². The normalized spacial score (nSPS) is 10.8. The zero-order valence-electron chi connectivity index (χ0n) is 16.3. The van der Waals surface area contributed by atoms with E-state index in [4.69, 9.17) is 0 Å². The maximum absolute atomic E-state index is 12.6. The Kier molecular flexibility index (Phi) is 5.52. The number of nitrogens with one attached hydrogen (secondary N) is 2. The average Bonchev–Trinajstić information content (AvgIpc) is 3.18. The van der Waals surface area contributed by atoms with Crippen LogP contribution in [0.1, 0.15) is 23.0 Å². The predicted octanol–water partition coefficient (Wildman–Crippen LogP) is 4.09. The highest BCUT2D eigenvalue weighted by Crippen LogP contribution is 2.21. The summed E-state index contributed by atoms with van der Waals surface area (Å²) >= 11 is 0. The van der Waals surface area contributed by atoms with E-state index in [1.807, 2.05) is 66.6 Å². The summed E-state index contributed by atoms with van der Waals surface area (Å²) in [6.07, 6.45) is 4.37.